The molecule has 4 rings (SSSR count). The average Bonchev–Trinajstić information content (AvgIpc) is 2.94. The molecule has 2 heteroatoms. The molecule has 0 amide bonds. The summed E-state index contributed by atoms with van der Waals surface area (Å²) in [5.41, 5.74) is 7.13. The van der Waals surface area contributed by atoms with Crippen LogP contribution in [-0.4, -0.2) is 13.1 Å². The maximum atomic E-state index is 3.49. The lowest BCUT2D eigenvalue weighted by Crippen LogP contribution is -2.33. The summed E-state index contributed by atoms with van der Waals surface area (Å²) in [7, 11) is 0. The van der Waals surface area contributed by atoms with Gasteiger partial charge in [0.2, 0.25) is 0 Å². The van der Waals surface area contributed by atoms with Gasteiger partial charge in [-0.2, -0.15) is 0 Å². The highest BCUT2D eigenvalue weighted by Crippen LogP contribution is 2.31. The van der Waals surface area contributed by atoms with Gasteiger partial charge in [0.15, 0.2) is 0 Å². The fourth-order valence-electron chi connectivity index (χ4n) is 3.71. The van der Waals surface area contributed by atoms with Crippen LogP contribution in [-0.2, 0) is 19.4 Å². The Morgan fingerprint density at radius 2 is 2.05 bits per heavy atom. The van der Waals surface area contributed by atoms with Crippen molar-refractivity contribution in [2.24, 2.45) is 5.92 Å². The van der Waals surface area contributed by atoms with Crippen LogP contribution in [0.1, 0.15) is 23.6 Å². The second kappa shape index (κ2) is 5.10. The summed E-state index contributed by atoms with van der Waals surface area (Å²) in [5.74, 6) is 0.729. The molecule has 0 fully saturated rings. The first kappa shape index (κ1) is 12.8. The molecule has 2 aliphatic heterocycles. The van der Waals surface area contributed by atoms with Crippen LogP contribution in [0.4, 0.5) is 11.4 Å². The molecule has 0 spiro atoms. The molecular weight excluding hydrogens is 256 g/mol. The summed E-state index contributed by atoms with van der Waals surface area (Å²) in [4.78, 5) is 2.54. The van der Waals surface area contributed by atoms with Gasteiger partial charge in [0, 0.05) is 31.0 Å². The summed E-state index contributed by atoms with van der Waals surface area (Å²) >= 11 is 0. The summed E-state index contributed by atoms with van der Waals surface area (Å²) in [6.45, 7) is 5.60. The highest BCUT2D eigenvalue weighted by atomic mass is 15.1. The first-order valence-electron chi connectivity index (χ1n) is 7.98. The summed E-state index contributed by atoms with van der Waals surface area (Å²) < 4.78 is 0. The van der Waals surface area contributed by atoms with Gasteiger partial charge in [-0.15, -0.1) is 0 Å². The molecule has 0 radical (unpaired) electrons. The summed E-state index contributed by atoms with van der Waals surface area (Å²) in [6.07, 6.45) is 2.37. The van der Waals surface area contributed by atoms with E-state index in [1.807, 2.05) is 0 Å². The van der Waals surface area contributed by atoms with Crippen LogP contribution in [0.15, 0.2) is 42.5 Å². The van der Waals surface area contributed by atoms with Gasteiger partial charge >= 0.3 is 0 Å². The quantitative estimate of drug-likeness (QED) is 0.897. The Morgan fingerprint density at radius 1 is 1.14 bits per heavy atom. The van der Waals surface area contributed by atoms with Gasteiger partial charge in [0.25, 0.3) is 0 Å². The van der Waals surface area contributed by atoms with Gasteiger partial charge in [-0.05, 0) is 47.6 Å². The number of hydrogen-bond donors (Lipinski definition) is 1. The minimum Gasteiger partial charge on any atom is -0.384 e. The molecule has 2 aromatic rings. The molecule has 0 aliphatic carbocycles. The molecular formula is C19H22N2. The number of nitrogens with one attached hydrogen (secondary N) is 1. The zero-order valence-electron chi connectivity index (χ0n) is 12.6. The number of hydrogen-bond acceptors (Lipinski definition) is 2. The van der Waals surface area contributed by atoms with Crippen molar-refractivity contribution in [3.63, 3.8) is 0 Å². The smallest absolute Gasteiger partial charge is 0.0430 e. The molecule has 0 saturated carbocycles. The zero-order chi connectivity index (χ0) is 14.2. The van der Waals surface area contributed by atoms with Crippen molar-refractivity contribution in [3.8, 4) is 0 Å². The second-order valence-corrected chi connectivity index (χ2v) is 6.49. The third kappa shape index (κ3) is 2.39. The number of rotatable bonds is 2. The molecule has 2 aliphatic rings. The first-order chi connectivity index (χ1) is 10.3. The van der Waals surface area contributed by atoms with Crippen LogP contribution in [0, 0.1) is 5.92 Å². The largest absolute Gasteiger partial charge is 0.384 e. The highest BCUT2D eigenvalue weighted by molar-refractivity contribution is 5.59. The standard InChI is InChI=1S/C19H22N2/c1-14-10-17-4-2-3-5-19(17)21(12-14)13-15-6-7-16-8-9-20-18(16)11-15/h2-7,11,14,20H,8-10,12-13H2,1H3. The van der Waals surface area contributed by atoms with E-state index in [0.717, 1.165) is 25.6 Å². The Hall–Kier alpha value is -1.96. The van der Waals surface area contributed by atoms with E-state index in [9.17, 15) is 0 Å². The molecule has 1 N–H and O–H groups in total. The van der Waals surface area contributed by atoms with E-state index in [1.165, 1.54) is 40.9 Å². The van der Waals surface area contributed by atoms with E-state index in [2.05, 4.69) is 59.6 Å². The van der Waals surface area contributed by atoms with Crippen molar-refractivity contribution in [2.45, 2.75) is 26.3 Å². The topological polar surface area (TPSA) is 15.3 Å². The van der Waals surface area contributed by atoms with Gasteiger partial charge in [-0.1, -0.05) is 37.3 Å². The van der Waals surface area contributed by atoms with Crippen molar-refractivity contribution in [1.82, 2.24) is 0 Å². The predicted octanol–water partition coefficient (Wildman–Crippen LogP) is 3.85. The van der Waals surface area contributed by atoms with E-state index in [-0.39, 0.29) is 0 Å². The lowest BCUT2D eigenvalue weighted by atomic mass is 9.93. The van der Waals surface area contributed by atoms with Gasteiger partial charge in [0.1, 0.15) is 0 Å². The van der Waals surface area contributed by atoms with Crippen LogP contribution in [0.3, 0.4) is 0 Å². The Kier molecular flexibility index (Phi) is 3.10. The van der Waals surface area contributed by atoms with Crippen molar-refractivity contribution in [2.75, 3.05) is 23.3 Å². The number of anilines is 2. The molecule has 0 aromatic heterocycles. The molecule has 1 atom stereocenters. The van der Waals surface area contributed by atoms with Crippen molar-refractivity contribution >= 4 is 11.4 Å². The Labute approximate surface area is 126 Å². The molecule has 2 nitrogen and oxygen atoms in total. The molecule has 2 aromatic carbocycles. The molecule has 0 bridgehead atoms. The van der Waals surface area contributed by atoms with E-state index < -0.39 is 0 Å². The fraction of sp³-hybridized carbons (Fsp3) is 0.368. The normalized spacial score (nSPS) is 19.9. The molecule has 1 unspecified atom stereocenters. The highest BCUT2D eigenvalue weighted by Gasteiger charge is 2.21. The SMILES string of the molecule is CC1Cc2ccccc2N(Cc2ccc3c(c2)NCC3)C1. The van der Waals surface area contributed by atoms with Crippen molar-refractivity contribution in [1.29, 1.82) is 0 Å². The Bertz CT molecular complexity index is 662. The second-order valence-electron chi connectivity index (χ2n) is 6.49. The van der Waals surface area contributed by atoms with Crippen molar-refractivity contribution < 1.29 is 0 Å². The fourth-order valence-corrected chi connectivity index (χ4v) is 3.71. The van der Waals surface area contributed by atoms with Crippen LogP contribution >= 0.6 is 0 Å². The van der Waals surface area contributed by atoms with Gasteiger partial charge < -0.3 is 10.2 Å². The van der Waals surface area contributed by atoms with Gasteiger partial charge in [-0.25, -0.2) is 0 Å². The van der Waals surface area contributed by atoms with Gasteiger partial charge in [-0.3, -0.25) is 0 Å². The lowest BCUT2D eigenvalue weighted by Gasteiger charge is -2.35. The number of para-hydroxylation sites is 1. The molecule has 0 saturated heterocycles. The maximum Gasteiger partial charge on any atom is 0.0430 e. The molecule has 21 heavy (non-hydrogen) atoms. The predicted molar refractivity (Wildman–Crippen MR) is 89.0 cm³/mol. The zero-order valence-corrected chi connectivity index (χ0v) is 12.6. The third-order valence-corrected chi connectivity index (χ3v) is 4.69. The van der Waals surface area contributed by atoms with Crippen LogP contribution in [0.2, 0.25) is 0 Å². The number of nitrogens with zero attached hydrogens (tertiary/aromatic N) is 1. The van der Waals surface area contributed by atoms with Gasteiger partial charge in [0.05, 0.1) is 0 Å². The van der Waals surface area contributed by atoms with E-state index in [0.29, 0.717) is 0 Å². The summed E-state index contributed by atoms with van der Waals surface area (Å²) in [6, 6.07) is 15.8. The Balaban J connectivity index is 1.62. The minimum atomic E-state index is 0.729. The number of fused-ring (bicyclic) bond motifs is 2. The maximum absolute atomic E-state index is 3.49. The minimum absolute atomic E-state index is 0.729. The van der Waals surface area contributed by atoms with Crippen molar-refractivity contribution in [3.05, 3.63) is 59.2 Å². The van der Waals surface area contributed by atoms with Crippen LogP contribution in [0.5, 0.6) is 0 Å². The van der Waals surface area contributed by atoms with Crippen LogP contribution in [0.25, 0.3) is 0 Å². The Morgan fingerprint density at radius 3 is 3.00 bits per heavy atom. The molecule has 108 valence electrons. The molecule has 2 heterocycles. The monoisotopic (exact) mass is 278 g/mol. The van der Waals surface area contributed by atoms with E-state index >= 15 is 0 Å². The first-order valence-corrected chi connectivity index (χ1v) is 7.98. The number of benzene rings is 2. The third-order valence-electron chi connectivity index (χ3n) is 4.69. The average molecular weight is 278 g/mol. The lowest BCUT2D eigenvalue weighted by molar-refractivity contribution is 0.530. The van der Waals surface area contributed by atoms with E-state index in [1.54, 1.807) is 0 Å². The van der Waals surface area contributed by atoms with Crippen LogP contribution < -0.4 is 10.2 Å². The van der Waals surface area contributed by atoms with E-state index in [4.69, 9.17) is 0 Å². The summed E-state index contributed by atoms with van der Waals surface area (Å²) in [5, 5.41) is 3.49.